The molecule has 0 N–H and O–H groups in total. The van der Waals surface area contributed by atoms with Gasteiger partial charge in [0.1, 0.15) is 10.7 Å². The van der Waals surface area contributed by atoms with Crippen molar-refractivity contribution in [2.24, 2.45) is 0 Å². The standard InChI is InChI=1S/C7H5BrClFO2S/c1-4-2-7(13(9,11)12)6(10)3-5(4)8/h2-3H,1H3. The highest BCUT2D eigenvalue weighted by Crippen LogP contribution is 2.25. The van der Waals surface area contributed by atoms with Crippen LogP contribution in [0.25, 0.3) is 0 Å². The van der Waals surface area contributed by atoms with E-state index in [1.165, 1.54) is 6.07 Å². The van der Waals surface area contributed by atoms with Gasteiger partial charge >= 0.3 is 0 Å². The van der Waals surface area contributed by atoms with Crippen LogP contribution in [0.2, 0.25) is 0 Å². The summed E-state index contributed by atoms with van der Waals surface area (Å²) >= 11 is 3.07. The van der Waals surface area contributed by atoms with E-state index in [0.717, 1.165) is 6.07 Å². The molecule has 0 atom stereocenters. The average Bonchev–Trinajstić information content (AvgIpc) is 1.94. The molecule has 0 unspecified atom stereocenters. The smallest absolute Gasteiger partial charge is 0.207 e. The number of rotatable bonds is 1. The van der Waals surface area contributed by atoms with Gasteiger partial charge in [0.25, 0.3) is 9.05 Å². The van der Waals surface area contributed by atoms with Crippen LogP contribution in [-0.4, -0.2) is 8.42 Å². The fourth-order valence-electron chi connectivity index (χ4n) is 0.818. The predicted octanol–water partition coefficient (Wildman–Crippen LogP) is 2.82. The van der Waals surface area contributed by atoms with Crippen molar-refractivity contribution in [3.63, 3.8) is 0 Å². The van der Waals surface area contributed by atoms with Crippen LogP contribution in [0.15, 0.2) is 21.5 Å². The molecule has 0 aliphatic rings. The molecule has 0 fully saturated rings. The lowest BCUT2D eigenvalue weighted by molar-refractivity contribution is 0.574. The van der Waals surface area contributed by atoms with Gasteiger partial charge in [0, 0.05) is 15.2 Å². The van der Waals surface area contributed by atoms with Crippen LogP contribution in [0.3, 0.4) is 0 Å². The molecule has 0 amide bonds. The number of aryl methyl sites for hydroxylation is 1. The molecule has 1 aromatic carbocycles. The Morgan fingerprint density at radius 1 is 1.46 bits per heavy atom. The Morgan fingerprint density at radius 2 is 2.00 bits per heavy atom. The molecule has 0 bridgehead atoms. The van der Waals surface area contributed by atoms with Gasteiger partial charge in [-0.1, -0.05) is 15.9 Å². The zero-order valence-corrected chi connectivity index (χ0v) is 9.67. The Balaban J connectivity index is 3.50. The minimum absolute atomic E-state index is 0.491. The van der Waals surface area contributed by atoms with Crippen LogP contribution < -0.4 is 0 Å². The molecule has 0 spiro atoms. The molecule has 2 nitrogen and oxygen atoms in total. The predicted molar refractivity (Wildman–Crippen MR) is 51.9 cm³/mol. The Kier molecular flexibility index (Phi) is 2.99. The summed E-state index contributed by atoms with van der Waals surface area (Å²) in [5.74, 6) is -0.854. The van der Waals surface area contributed by atoms with E-state index in [9.17, 15) is 12.8 Å². The van der Waals surface area contributed by atoms with E-state index in [2.05, 4.69) is 15.9 Å². The second-order valence-corrected chi connectivity index (χ2v) is 5.86. The van der Waals surface area contributed by atoms with Gasteiger partial charge in [-0.25, -0.2) is 12.8 Å². The van der Waals surface area contributed by atoms with E-state index in [-0.39, 0.29) is 0 Å². The van der Waals surface area contributed by atoms with Crippen molar-refractivity contribution in [1.29, 1.82) is 0 Å². The lowest BCUT2D eigenvalue weighted by atomic mass is 10.2. The number of hydrogen-bond donors (Lipinski definition) is 0. The Hall–Kier alpha value is -0.130. The summed E-state index contributed by atoms with van der Waals surface area (Å²) in [6.07, 6.45) is 0. The van der Waals surface area contributed by atoms with Gasteiger partial charge in [-0.3, -0.25) is 0 Å². The van der Waals surface area contributed by atoms with E-state index in [1.54, 1.807) is 6.92 Å². The maximum Gasteiger partial charge on any atom is 0.264 e. The van der Waals surface area contributed by atoms with E-state index < -0.39 is 19.8 Å². The number of hydrogen-bond acceptors (Lipinski definition) is 2. The summed E-state index contributed by atoms with van der Waals surface area (Å²) in [5.41, 5.74) is 0.612. The molecule has 0 heterocycles. The third kappa shape index (κ3) is 2.42. The first-order chi connectivity index (χ1) is 5.82. The molecule has 0 aliphatic carbocycles. The summed E-state index contributed by atoms with van der Waals surface area (Å²) < 4.78 is 35.2. The Bertz CT molecular complexity index is 444. The van der Waals surface area contributed by atoms with Crippen molar-refractivity contribution in [3.8, 4) is 0 Å². The first-order valence-electron chi connectivity index (χ1n) is 3.22. The quantitative estimate of drug-likeness (QED) is 0.744. The molecular weight excluding hydrogens is 282 g/mol. The third-order valence-corrected chi connectivity index (χ3v) is 3.67. The van der Waals surface area contributed by atoms with Gasteiger partial charge < -0.3 is 0 Å². The van der Waals surface area contributed by atoms with Gasteiger partial charge in [-0.2, -0.15) is 0 Å². The Labute approximate surface area is 88.3 Å². The summed E-state index contributed by atoms with van der Waals surface area (Å²) in [7, 11) is 1.01. The summed E-state index contributed by atoms with van der Waals surface area (Å²) in [6.45, 7) is 1.65. The number of benzene rings is 1. The van der Waals surface area contributed by atoms with Crippen molar-refractivity contribution in [1.82, 2.24) is 0 Å². The largest absolute Gasteiger partial charge is 0.264 e. The fourth-order valence-corrected chi connectivity index (χ4v) is 2.10. The summed E-state index contributed by atoms with van der Waals surface area (Å²) in [5, 5.41) is 0. The zero-order valence-electron chi connectivity index (χ0n) is 6.51. The normalized spacial score (nSPS) is 11.7. The average molecular weight is 288 g/mol. The van der Waals surface area contributed by atoms with Crippen molar-refractivity contribution in [3.05, 3.63) is 28.0 Å². The maximum absolute atomic E-state index is 13.0. The molecule has 0 saturated carbocycles. The van der Waals surface area contributed by atoms with Gasteiger partial charge in [-0.05, 0) is 24.6 Å². The minimum Gasteiger partial charge on any atom is -0.207 e. The van der Waals surface area contributed by atoms with Crippen LogP contribution in [0.1, 0.15) is 5.56 Å². The molecular formula is C7H5BrClFO2S. The fraction of sp³-hybridized carbons (Fsp3) is 0.143. The van der Waals surface area contributed by atoms with Crippen LogP contribution in [-0.2, 0) is 9.05 Å². The third-order valence-electron chi connectivity index (χ3n) is 1.48. The maximum atomic E-state index is 13.0. The second kappa shape index (κ2) is 3.55. The molecule has 1 aromatic rings. The lowest BCUT2D eigenvalue weighted by Gasteiger charge is -2.02. The molecule has 0 aromatic heterocycles. The topological polar surface area (TPSA) is 34.1 Å². The molecule has 0 saturated heterocycles. The van der Waals surface area contributed by atoms with Crippen molar-refractivity contribution in [2.75, 3.05) is 0 Å². The molecule has 6 heteroatoms. The monoisotopic (exact) mass is 286 g/mol. The van der Waals surface area contributed by atoms with Crippen LogP contribution in [0.5, 0.6) is 0 Å². The van der Waals surface area contributed by atoms with Crippen LogP contribution >= 0.6 is 26.6 Å². The SMILES string of the molecule is Cc1cc(S(=O)(=O)Cl)c(F)cc1Br. The van der Waals surface area contributed by atoms with Gasteiger partial charge in [0.05, 0.1) is 0 Å². The summed E-state index contributed by atoms with van der Waals surface area (Å²) in [6, 6.07) is 2.26. The van der Waals surface area contributed by atoms with E-state index in [1.807, 2.05) is 0 Å². The second-order valence-electron chi connectivity index (χ2n) is 2.47. The molecule has 72 valence electrons. The summed E-state index contributed by atoms with van der Waals surface area (Å²) in [4.78, 5) is -0.491. The first-order valence-corrected chi connectivity index (χ1v) is 6.33. The van der Waals surface area contributed by atoms with Gasteiger partial charge in [0.2, 0.25) is 0 Å². The molecule has 0 aliphatic heterocycles. The number of halogens is 3. The lowest BCUT2D eigenvalue weighted by Crippen LogP contribution is -1.96. The van der Waals surface area contributed by atoms with Crippen molar-refractivity contribution in [2.45, 2.75) is 11.8 Å². The zero-order chi connectivity index (χ0) is 10.2. The molecule has 13 heavy (non-hydrogen) atoms. The van der Waals surface area contributed by atoms with E-state index >= 15 is 0 Å². The van der Waals surface area contributed by atoms with Crippen molar-refractivity contribution < 1.29 is 12.8 Å². The first kappa shape index (κ1) is 10.9. The van der Waals surface area contributed by atoms with Gasteiger partial charge in [0.15, 0.2) is 0 Å². The highest BCUT2D eigenvalue weighted by molar-refractivity contribution is 9.10. The van der Waals surface area contributed by atoms with Gasteiger partial charge in [-0.15, -0.1) is 0 Å². The highest BCUT2D eigenvalue weighted by Gasteiger charge is 2.17. The molecule has 1 rings (SSSR count). The van der Waals surface area contributed by atoms with E-state index in [0.29, 0.717) is 10.0 Å². The van der Waals surface area contributed by atoms with Crippen LogP contribution in [0.4, 0.5) is 4.39 Å². The van der Waals surface area contributed by atoms with Crippen molar-refractivity contribution >= 4 is 35.7 Å². The van der Waals surface area contributed by atoms with Crippen LogP contribution in [0, 0.1) is 12.7 Å². The highest BCUT2D eigenvalue weighted by atomic mass is 79.9. The van der Waals surface area contributed by atoms with E-state index in [4.69, 9.17) is 10.7 Å². The molecule has 0 radical (unpaired) electrons. The Morgan fingerprint density at radius 3 is 2.46 bits per heavy atom. The minimum atomic E-state index is -4.00.